The predicted octanol–water partition coefficient (Wildman–Crippen LogP) is 1.29. The van der Waals surface area contributed by atoms with E-state index in [0.29, 0.717) is 11.8 Å². The topological polar surface area (TPSA) is 55.1 Å². The first-order valence-electron chi connectivity index (χ1n) is 4.38. The largest absolute Gasteiger partial charge is 0.294 e. The number of hydrazine groups is 1. The Hall–Kier alpha value is -0.570. The zero-order valence-electron chi connectivity index (χ0n) is 8.64. The molecule has 1 amide bonds. The SMILES string of the molecule is CC(C)C(C)(C(=O)NN)C(C)C. The molecule has 0 aromatic rings. The van der Waals surface area contributed by atoms with Crippen LogP contribution in [0, 0.1) is 17.3 Å². The number of nitrogens with two attached hydrogens (primary N) is 1. The molecule has 0 unspecified atom stereocenters. The maximum atomic E-state index is 11.5. The molecule has 0 aliphatic heterocycles. The van der Waals surface area contributed by atoms with E-state index < -0.39 is 0 Å². The third-order valence-corrected chi connectivity index (χ3v) is 3.02. The molecular weight excluding hydrogens is 152 g/mol. The molecule has 0 atom stereocenters. The van der Waals surface area contributed by atoms with Gasteiger partial charge in [0.1, 0.15) is 0 Å². The molecule has 0 aliphatic rings. The Balaban J connectivity index is 4.74. The molecule has 0 saturated heterocycles. The lowest BCUT2D eigenvalue weighted by atomic mass is 9.70. The average molecular weight is 172 g/mol. The van der Waals surface area contributed by atoms with Gasteiger partial charge in [0.05, 0.1) is 5.41 Å². The first-order valence-corrected chi connectivity index (χ1v) is 4.38. The fourth-order valence-corrected chi connectivity index (χ4v) is 1.35. The minimum atomic E-state index is -0.366. The van der Waals surface area contributed by atoms with Gasteiger partial charge in [-0.2, -0.15) is 0 Å². The monoisotopic (exact) mass is 172 g/mol. The minimum absolute atomic E-state index is 0.0764. The highest BCUT2D eigenvalue weighted by molar-refractivity contribution is 5.82. The van der Waals surface area contributed by atoms with E-state index in [4.69, 9.17) is 5.84 Å². The van der Waals surface area contributed by atoms with Crippen molar-refractivity contribution in [2.45, 2.75) is 34.6 Å². The molecule has 0 fully saturated rings. The summed E-state index contributed by atoms with van der Waals surface area (Å²) in [6, 6.07) is 0. The van der Waals surface area contributed by atoms with Crippen molar-refractivity contribution in [1.82, 2.24) is 5.43 Å². The summed E-state index contributed by atoms with van der Waals surface area (Å²) in [5, 5.41) is 0. The quantitative estimate of drug-likeness (QED) is 0.383. The number of carbonyl (C=O) groups is 1. The molecular formula is C9H20N2O. The lowest BCUT2D eigenvalue weighted by Gasteiger charge is -2.35. The smallest absolute Gasteiger partial charge is 0.240 e. The predicted molar refractivity (Wildman–Crippen MR) is 50.1 cm³/mol. The zero-order valence-corrected chi connectivity index (χ0v) is 8.64. The number of amides is 1. The summed E-state index contributed by atoms with van der Waals surface area (Å²) in [4.78, 5) is 11.5. The molecule has 3 nitrogen and oxygen atoms in total. The molecule has 0 spiro atoms. The van der Waals surface area contributed by atoms with Gasteiger partial charge < -0.3 is 0 Å². The third-order valence-electron chi connectivity index (χ3n) is 3.02. The third kappa shape index (κ3) is 1.78. The minimum Gasteiger partial charge on any atom is -0.294 e. The van der Waals surface area contributed by atoms with Crippen molar-refractivity contribution in [3.05, 3.63) is 0 Å². The van der Waals surface area contributed by atoms with E-state index in [2.05, 4.69) is 5.43 Å². The standard InChI is InChI=1S/C9H20N2O/c1-6(2)9(5,7(3)4)8(12)11-10/h6-7H,10H2,1-5H3,(H,11,12). The van der Waals surface area contributed by atoms with Crippen LogP contribution in [0.4, 0.5) is 0 Å². The van der Waals surface area contributed by atoms with E-state index >= 15 is 0 Å². The van der Waals surface area contributed by atoms with Crippen LogP contribution in [0.15, 0.2) is 0 Å². The van der Waals surface area contributed by atoms with Crippen molar-refractivity contribution >= 4 is 5.91 Å². The molecule has 0 rings (SSSR count). The highest BCUT2D eigenvalue weighted by atomic mass is 16.2. The van der Waals surface area contributed by atoms with Crippen molar-refractivity contribution in [2.75, 3.05) is 0 Å². The molecule has 72 valence electrons. The zero-order chi connectivity index (χ0) is 9.94. The van der Waals surface area contributed by atoms with Gasteiger partial charge in [-0.25, -0.2) is 5.84 Å². The van der Waals surface area contributed by atoms with Crippen molar-refractivity contribution < 1.29 is 4.79 Å². The van der Waals surface area contributed by atoms with Crippen LogP contribution in [0.25, 0.3) is 0 Å². The highest BCUT2D eigenvalue weighted by Crippen LogP contribution is 2.35. The molecule has 0 radical (unpaired) electrons. The van der Waals surface area contributed by atoms with E-state index in [9.17, 15) is 4.79 Å². The van der Waals surface area contributed by atoms with Crippen LogP contribution in [0.1, 0.15) is 34.6 Å². The lowest BCUT2D eigenvalue weighted by molar-refractivity contribution is -0.135. The van der Waals surface area contributed by atoms with Gasteiger partial charge in [0.2, 0.25) is 5.91 Å². The summed E-state index contributed by atoms with van der Waals surface area (Å²) in [7, 11) is 0. The van der Waals surface area contributed by atoms with Crippen LogP contribution in [0.5, 0.6) is 0 Å². The second-order valence-electron chi connectivity index (χ2n) is 4.07. The number of hydrogen-bond acceptors (Lipinski definition) is 2. The van der Waals surface area contributed by atoms with Crippen molar-refractivity contribution in [3.8, 4) is 0 Å². The summed E-state index contributed by atoms with van der Waals surface area (Å²) in [5.41, 5.74) is 1.86. The van der Waals surface area contributed by atoms with Crippen LogP contribution < -0.4 is 11.3 Å². The van der Waals surface area contributed by atoms with Gasteiger partial charge in [0.15, 0.2) is 0 Å². The average Bonchev–Trinajstić information content (AvgIpc) is 2.00. The summed E-state index contributed by atoms with van der Waals surface area (Å²) in [5.74, 6) is 5.64. The first-order chi connectivity index (χ1) is 5.37. The molecule has 0 aromatic heterocycles. The Kier molecular flexibility index (Phi) is 3.71. The van der Waals surface area contributed by atoms with Crippen LogP contribution in [-0.2, 0) is 4.79 Å². The van der Waals surface area contributed by atoms with Gasteiger partial charge in [-0.1, -0.05) is 34.6 Å². The van der Waals surface area contributed by atoms with Crippen molar-refractivity contribution in [3.63, 3.8) is 0 Å². The first kappa shape index (κ1) is 11.4. The van der Waals surface area contributed by atoms with E-state index in [1.165, 1.54) is 0 Å². The fourth-order valence-electron chi connectivity index (χ4n) is 1.35. The molecule has 3 N–H and O–H groups in total. The molecule has 0 aliphatic carbocycles. The fraction of sp³-hybridized carbons (Fsp3) is 0.889. The van der Waals surface area contributed by atoms with Crippen molar-refractivity contribution in [1.29, 1.82) is 0 Å². The van der Waals surface area contributed by atoms with Crippen LogP contribution >= 0.6 is 0 Å². The van der Waals surface area contributed by atoms with Gasteiger partial charge >= 0.3 is 0 Å². The highest BCUT2D eigenvalue weighted by Gasteiger charge is 2.38. The molecule has 3 heteroatoms. The van der Waals surface area contributed by atoms with E-state index in [0.717, 1.165) is 0 Å². The van der Waals surface area contributed by atoms with Crippen LogP contribution in [-0.4, -0.2) is 5.91 Å². The second-order valence-corrected chi connectivity index (χ2v) is 4.07. The Bertz CT molecular complexity index is 156. The Morgan fingerprint density at radius 1 is 1.25 bits per heavy atom. The maximum Gasteiger partial charge on any atom is 0.240 e. The van der Waals surface area contributed by atoms with E-state index in [1.807, 2.05) is 34.6 Å². The summed E-state index contributed by atoms with van der Waals surface area (Å²) in [6.45, 7) is 10.1. The molecule has 0 heterocycles. The number of rotatable bonds is 3. The van der Waals surface area contributed by atoms with Crippen molar-refractivity contribution in [2.24, 2.45) is 23.1 Å². The van der Waals surface area contributed by atoms with Gasteiger partial charge in [0.25, 0.3) is 0 Å². The lowest BCUT2D eigenvalue weighted by Crippen LogP contribution is -2.48. The Morgan fingerprint density at radius 3 is 1.67 bits per heavy atom. The van der Waals surface area contributed by atoms with E-state index in [1.54, 1.807) is 0 Å². The van der Waals surface area contributed by atoms with Gasteiger partial charge in [-0.05, 0) is 11.8 Å². The number of carbonyl (C=O) groups excluding carboxylic acids is 1. The molecule has 12 heavy (non-hydrogen) atoms. The van der Waals surface area contributed by atoms with Crippen LogP contribution in [0.2, 0.25) is 0 Å². The Morgan fingerprint density at radius 2 is 1.58 bits per heavy atom. The summed E-state index contributed by atoms with van der Waals surface area (Å²) < 4.78 is 0. The maximum absolute atomic E-state index is 11.5. The molecule has 0 bridgehead atoms. The van der Waals surface area contributed by atoms with Crippen LogP contribution in [0.3, 0.4) is 0 Å². The number of nitrogens with one attached hydrogen (secondary N) is 1. The normalized spacial score (nSPS) is 12.3. The second kappa shape index (κ2) is 3.90. The molecule has 0 aromatic carbocycles. The summed E-state index contributed by atoms with van der Waals surface area (Å²) >= 11 is 0. The van der Waals surface area contributed by atoms with Gasteiger partial charge in [-0.3, -0.25) is 10.2 Å². The van der Waals surface area contributed by atoms with Gasteiger partial charge in [0, 0.05) is 0 Å². The molecule has 0 saturated carbocycles. The summed E-state index contributed by atoms with van der Waals surface area (Å²) in [6.07, 6.45) is 0. The number of hydrogen-bond donors (Lipinski definition) is 2. The van der Waals surface area contributed by atoms with Gasteiger partial charge in [-0.15, -0.1) is 0 Å². The Labute approximate surface area is 74.7 Å². The van der Waals surface area contributed by atoms with E-state index in [-0.39, 0.29) is 11.3 Å².